The van der Waals surface area contributed by atoms with Gasteiger partial charge in [0.15, 0.2) is 0 Å². The highest BCUT2D eigenvalue weighted by atomic mass is 16.5. The van der Waals surface area contributed by atoms with Gasteiger partial charge < -0.3 is 19.7 Å². The number of hydrogen-bond acceptors (Lipinski definition) is 4. The molecule has 0 spiro atoms. The summed E-state index contributed by atoms with van der Waals surface area (Å²) in [5.41, 5.74) is 2.49. The Morgan fingerprint density at radius 3 is 2.55 bits per heavy atom. The molecule has 2 aliphatic rings. The van der Waals surface area contributed by atoms with Crippen molar-refractivity contribution in [3.63, 3.8) is 0 Å². The highest BCUT2D eigenvalue weighted by molar-refractivity contribution is 5.99. The first kappa shape index (κ1) is 23.8. The predicted molar refractivity (Wildman–Crippen MR) is 133 cm³/mol. The van der Waals surface area contributed by atoms with Gasteiger partial charge in [-0.1, -0.05) is 36.8 Å². The van der Waals surface area contributed by atoms with Crippen LogP contribution in [-0.2, 0) is 14.9 Å². The van der Waals surface area contributed by atoms with Crippen LogP contribution in [0.4, 0.5) is 5.69 Å². The molecule has 2 fully saturated rings. The van der Waals surface area contributed by atoms with E-state index in [-0.39, 0.29) is 5.91 Å². The van der Waals surface area contributed by atoms with Gasteiger partial charge >= 0.3 is 0 Å². The van der Waals surface area contributed by atoms with Crippen LogP contribution >= 0.6 is 0 Å². The third kappa shape index (κ3) is 6.15. The Bertz CT molecular complexity index is 898. The zero-order chi connectivity index (χ0) is 23.1. The zero-order valence-electron chi connectivity index (χ0n) is 20.1. The van der Waals surface area contributed by atoms with E-state index < -0.39 is 5.41 Å². The molecular formula is C28H38N2O3. The maximum absolute atomic E-state index is 13.5. The molecule has 0 saturated carbocycles. The summed E-state index contributed by atoms with van der Waals surface area (Å²) in [6.45, 7) is 9.87. The fourth-order valence-corrected chi connectivity index (χ4v) is 4.96. The molecule has 5 nitrogen and oxygen atoms in total. The number of rotatable bonds is 8. The van der Waals surface area contributed by atoms with E-state index in [1.165, 1.54) is 31.5 Å². The van der Waals surface area contributed by atoms with Crippen molar-refractivity contribution >= 4 is 11.6 Å². The number of carbonyl (C=O) groups excluding carboxylic acids is 1. The third-order valence-electron chi connectivity index (χ3n) is 7.23. The Kier molecular flexibility index (Phi) is 8.05. The first-order chi connectivity index (χ1) is 16.0. The lowest BCUT2D eigenvalue weighted by Crippen LogP contribution is -2.44. The molecule has 2 saturated heterocycles. The molecule has 33 heavy (non-hydrogen) atoms. The Morgan fingerprint density at radius 1 is 1.12 bits per heavy atom. The minimum absolute atomic E-state index is 0.0425. The van der Waals surface area contributed by atoms with Crippen molar-refractivity contribution in [1.29, 1.82) is 0 Å². The van der Waals surface area contributed by atoms with Crippen molar-refractivity contribution in [2.45, 2.75) is 51.4 Å². The highest BCUT2D eigenvalue weighted by Crippen LogP contribution is 2.36. The van der Waals surface area contributed by atoms with Crippen molar-refractivity contribution in [3.8, 4) is 5.75 Å². The predicted octanol–water partition coefficient (Wildman–Crippen LogP) is 5.18. The highest BCUT2D eigenvalue weighted by Gasteiger charge is 2.41. The molecule has 0 aromatic heterocycles. The van der Waals surface area contributed by atoms with Crippen LogP contribution in [-0.4, -0.2) is 50.3 Å². The lowest BCUT2D eigenvalue weighted by molar-refractivity contribution is -0.125. The van der Waals surface area contributed by atoms with E-state index in [9.17, 15) is 4.79 Å². The van der Waals surface area contributed by atoms with Crippen LogP contribution in [0.1, 0.15) is 50.2 Å². The lowest BCUT2D eigenvalue weighted by atomic mass is 9.73. The lowest BCUT2D eigenvalue weighted by Gasteiger charge is -2.36. The van der Waals surface area contributed by atoms with E-state index in [4.69, 9.17) is 9.47 Å². The summed E-state index contributed by atoms with van der Waals surface area (Å²) < 4.78 is 11.5. The number of benzene rings is 2. The third-order valence-corrected chi connectivity index (χ3v) is 7.23. The van der Waals surface area contributed by atoms with E-state index >= 15 is 0 Å². The summed E-state index contributed by atoms with van der Waals surface area (Å²) >= 11 is 0. The second kappa shape index (κ2) is 11.2. The van der Waals surface area contributed by atoms with Gasteiger partial charge in [0.05, 0.1) is 12.0 Å². The van der Waals surface area contributed by atoms with Gasteiger partial charge in [0.2, 0.25) is 5.91 Å². The van der Waals surface area contributed by atoms with Gasteiger partial charge in [0.1, 0.15) is 5.75 Å². The van der Waals surface area contributed by atoms with Gasteiger partial charge in [-0.2, -0.15) is 0 Å². The number of ether oxygens (including phenoxy) is 2. The van der Waals surface area contributed by atoms with Crippen LogP contribution in [0.25, 0.3) is 0 Å². The number of anilines is 1. The summed E-state index contributed by atoms with van der Waals surface area (Å²) in [5.74, 6) is 1.76. The van der Waals surface area contributed by atoms with Crippen LogP contribution in [0.3, 0.4) is 0 Å². The van der Waals surface area contributed by atoms with Gasteiger partial charge in [0.25, 0.3) is 0 Å². The van der Waals surface area contributed by atoms with Crippen molar-refractivity contribution in [2.24, 2.45) is 5.92 Å². The largest absolute Gasteiger partial charge is 0.494 e. The maximum atomic E-state index is 13.5. The summed E-state index contributed by atoms with van der Waals surface area (Å²) in [4.78, 5) is 16.0. The van der Waals surface area contributed by atoms with E-state index in [1.54, 1.807) is 0 Å². The summed E-state index contributed by atoms with van der Waals surface area (Å²) in [6.07, 6.45) is 5.05. The summed E-state index contributed by atoms with van der Waals surface area (Å²) in [6, 6.07) is 16.1. The molecule has 5 heteroatoms. The van der Waals surface area contributed by atoms with Crippen LogP contribution in [0.2, 0.25) is 0 Å². The monoisotopic (exact) mass is 450 g/mol. The molecule has 2 aromatic carbocycles. The molecule has 0 radical (unpaired) electrons. The average molecular weight is 451 g/mol. The molecule has 0 unspecified atom stereocenters. The van der Waals surface area contributed by atoms with Crippen LogP contribution in [0.15, 0.2) is 48.5 Å². The molecule has 2 aromatic rings. The van der Waals surface area contributed by atoms with Crippen LogP contribution in [0.5, 0.6) is 5.75 Å². The van der Waals surface area contributed by atoms with E-state index in [0.717, 1.165) is 35.9 Å². The number of amides is 1. The number of nitrogens with one attached hydrogen (secondary N) is 1. The Labute approximate surface area is 198 Å². The topological polar surface area (TPSA) is 50.8 Å². The second-order valence-electron chi connectivity index (χ2n) is 9.77. The van der Waals surface area contributed by atoms with Gasteiger partial charge in [-0.3, -0.25) is 4.79 Å². The number of piperidine rings is 1. The van der Waals surface area contributed by atoms with E-state index in [1.807, 2.05) is 30.3 Å². The summed E-state index contributed by atoms with van der Waals surface area (Å²) in [7, 11) is 0. The van der Waals surface area contributed by atoms with Crippen molar-refractivity contribution in [2.75, 3.05) is 44.8 Å². The smallest absolute Gasteiger partial charge is 0.235 e. The number of aryl methyl sites for hydroxylation is 1. The van der Waals surface area contributed by atoms with Gasteiger partial charge in [-0.15, -0.1) is 0 Å². The molecule has 0 bridgehead atoms. The minimum Gasteiger partial charge on any atom is -0.494 e. The Morgan fingerprint density at radius 2 is 1.85 bits per heavy atom. The van der Waals surface area contributed by atoms with E-state index in [2.05, 4.69) is 42.3 Å². The maximum Gasteiger partial charge on any atom is 0.235 e. The van der Waals surface area contributed by atoms with Gasteiger partial charge in [-0.05, 0) is 87.9 Å². The standard InChI is InChI=1S/C28H38N2O3/c1-22-11-16-30(17-12-22)15-4-18-33-26-9-7-25(8-10-26)29-27(31)28(13-19-32-20-14-28)24-6-3-5-23(2)21-24/h3,5-10,21-22H,4,11-20H2,1-2H3,(H,29,31). The zero-order valence-corrected chi connectivity index (χ0v) is 20.1. The average Bonchev–Trinajstić information content (AvgIpc) is 2.84. The van der Waals surface area contributed by atoms with Crippen molar-refractivity contribution in [3.05, 3.63) is 59.7 Å². The minimum atomic E-state index is -0.550. The fraction of sp³-hybridized carbons (Fsp3) is 0.536. The molecule has 1 amide bonds. The van der Waals surface area contributed by atoms with Crippen molar-refractivity contribution < 1.29 is 14.3 Å². The molecule has 2 heterocycles. The van der Waals surface area contributed by atoms with Gasteiger partial charge in [-0.25, -0.2) is 0 Å². The first-order valence-electron chi connectivity index (χ1n) is 12.5. The summed E-state index contributed by atoms with van der Waals surface area (Å²) in [5, 5.41) is 3.15. The SMILES string of the molecule is Cc1cccc(C2(C(=O)Nc3ccc(OCCCN4CCC(C)CC4)cc3)CCOCC2)c1. The number of carbonyl (C=O) groups is 1. The molecule has 0 atom stereocenters. The first-order valence-corrected chi connectivity index (χ1v) is 12.5. The number of nitrogens with zero attached hydrogens (tertiary/aromatic N) is 1. The molecule has 178 valence electrons. The molecule has 0 aliphatic carbocycles. The fourth-order valence-electron chi connectivity index (χ4n) is 4.96. The van der Waals surface area contributed by atoms with Crippen LogP contribution in [0, 0.1) is 12.8 Å². The van der Waals surface area contributed by atoms with E-state index in [0.29, 0.717) is 32.7 Å². The van der Waals surface area contributed by atoms with Gasteiger partial charge in [0, 0.05) is 25.4 Å². The number of likely N-dealkylation sites (tertiary alicyclic amines) is 1. The Balaban J connectivity index is 1.30. The normalized spacial score (nSPS) is 19.2. The van der Waals surface area contributed by atoms with Crippen LogP contribution < -0.4 is 10.1 Å². The molecular weight excluding hydrogens is 412 g/mol. The molecule has 1 N–H and O–H groups in total. The Hall–Kier alpha value is -2.37. The second-order valence-corrected chi connectivity index (χ2v) is 9.77. The van der Waals surface area contributed by atoms with Crippen molar-refractivity contribution in [1.82, 2.24) is 4.90 Å². The number of hydrogen-bond donors (Lipinski definition) is 1. The molecule has 4 rings (SSSR count). The molecule has 2 aliphatic heterocycles. The quantitative estimate of drug-likeness (QED) is 0.563.